The molecule has 1 aliphatic rings. The fraction of sp³-hybridized carbons (Fsp3) is 0.625. The highest BCUT2D eigenvalue weighted by atomic mass is 32.2. The van der Waals surface area contributed by atoms with Crippen LogP contribution in [0.3, 0.4) is 0 Å². The van der Waals surface area contributed by atoms with E-state index in [1.807, 2.05) is 6.07 Å². The van der Waals surface area contributed by atoms with E-state index in [4.69, 9.17) is 0 Å². The highest BCUT2D eigenvalue weighted by Gasteiger charge is 2.26. The largest absolute Gasteiger partial charge is 0.306 e. The lowest BCUT2D eigenvalue weighted by Crippen LogP contribution is -2.42. The smallest absolute Gasteiger partial charge is 0.211 e. The maximum absolute atomic E-state index is 11.6. The topological polar surface area (TPSA) is 40.6 Å². The van der Waals surface area contributed by atoms with Crippen molar-refractivity contribution in [2.75, 3.05) is 39.5 Å². The molecule has 0 amide bonds. The molecule has 0 radical (unpaired) electrons. The van der Waals surface area contributed by atoms with Crippen molar-refractivity contribution in [3.8, 4) is 0 Å². The Balaban J connectivity index is 1.78. The van der Waals surface area contributed by atoms with Crippen LogP contribution in [0.1, 0.15) is 18.4 Å². The van der Waals surface area contributed by atoms with Crippen molar-refractivity contribution in [3.63, 3.8) is 0 Å². The van der Waals surface area contributed by atoms with Gasteiger partial charge in [-0.1, -0.05) is 30.3 Å². The number of piperidine rings is 1. The highest BCUT2D eigenvalue weighted by Crippen LogP contribution is 2.19. The van der Waals surface area contributed by atoms with Crippen molar-refractivity contribution < 1.29 is 8.42 Å². The van der Waals surface area contributed by atoms with Gasteiger partial charge in [-0.2, -0.15) is 0 Å². The lowest BCUT2D eigenvalue weighted by Gasteiger charge is -2.33. The predicted octanol–water partition coefficient (Wildman–Crippen LogP) is 1.83. The third kappa shape index (κ3) is 5.41. The molecule has 1 fully saturated rings. The van der Waals surface area contributed by atoms with Crippen LogP contribution in [0.4, 0.5) is 0 Å². The van der Waals surface area contributed by atoms with Crippen LogP contribution in [0, 0.1) is 5.92 Å². The third-order valence-corrected chi connectivity index (χ3v) is 5.42. The summed E-state index contributed by atoms with van der Waals surface area (Å²) in [5.41, 5.74) is 1.35. The maximum Gasteiger partial charge on any atom is 0.211 e. The number of sulfonamides is 1. The van der Waals surface area contributed by atoms with E-state index < -0.39 is 10.0 Å². The van der Waals surface area contributed by atoms with Gasteiger partial charge in [-0.15, -0.1) is 0 Å². The average molecular weight is 310 g/mol. The second-order valence-corrected chi connectivity index (χ2v) is 8.11. The van der Waals surface area contributed by atoms with Crippen molar-refractivity contribution in [1.29, 1.82) is 0 Å². The zero-order chi connectivity index (χ0) is 15.3. The molecule has 4 nitrogen and oxygen atoms in total. The van der Waals surface area contributed by atoms with Crippen molar-refractivity contribution >= 4 is 10.0 Å². The van der Waals surface area contributed by atoms with Gasteiger partial charge in [0.1, 0.15) is 0 Å². The van der Waals surface area contributed by atoms with Crippen molar-refractivity contribution in [2.24, 2.45) is 5.92 Å². The van der Waals surface area contributed by atoms with E-state index in [1.54, 1.807) is 4.31 Å². The Bertz CT molecular complexity index is 530. The molecule has 1 aromatic carbocycles. The van der Waals surface area contributed by atoms with Crippen molar-refractivity contribution in [2.45, 2.75) is 19.3 Å². The fourth-order valence-corrected chi connectivity index (χ4v) is 3.92. The van der Waals surface area contributed by atoms with E-state index in [0.29, 0.717) is 19.0 Å². The molecule has 1 aromatic rings. The summed E-state index contributed by atoms with van der Waals surface area (Å²) in [6.07, 6.45) is 4.46. The Morgan fingerprint density at radius 3 is 2.67 bits per heavy atom. The minimum absolute atomic E-state index is 0.453. The molecule has 21 heavy (non-hydrogen) atoms. The lowest BCUT2D eigenvalue weighted by atomic mass is 9.99. The molecule has 0 spiro atoms. The van der Waals surface area contributed by atoms with E-state index in [1.165, 1.54) is 11.8 Å². The summed E-state index contributed by atoms with van der Waals surface area (Å²) in [6.45, 7) is 3.34. The molecule has 5 heteroatoms. The SMILES string of the molecule is CN(CCc1ccccc1)CC1CCCN(S(C)(=O)=O)C1. The molecule has 0 aliphatic carbocycles. The summed E-state index contributed by atoms with van der Waals surface area (Å²) in [5.74, 6) is 0.453. The quantitative estimate of drug-likeness (QED) is 0.805. The Hall–Kier alpha value is -0.910. The van der Waals surface area contributed by atoms with E-state index in [-0.39, 0.29) is 0 Å². The average Bonchev–Trinajstić information content (AvgIpc) is 2.46. The summed E-state index contributed by atoms with van der Waals surface area (Å²) >= 11 is 0. The van der Waals surface area contributed by atoms with Gasteiger partial charge < -0.3 is 4.90 Å². The van der Waals surface area contributed by atoms with Crippen LogP contribution in [0.5, 0.6) is 0 Å². The van der Waals surface area contributed by atoms with Gasteiger partial charge >= 0.3 is 0 Å². The number of rotatable bonds is 6. The Morgan fingerprint density at radius 1 is 1.29 bits per heavy atom. The first-order valence-corrected chi connectivity index (χ1v) is 9.47. The second kappa shape index (κ2) is 7.38. The molecule has 118 valence electrons. The Labute approximate surface area is 128 Å². The van der Waals surface area contributed by atoms with Crippen molar-refractivity contribution in [1.82, 2.24) is 9.21 Å². The molecule has 1 saturated heterocycles. The minimum Gasteiger partial charge on any atom is -0.306 e. The van der Waals surface area contributed by atoms with Gasteiger partial charge in [0.05, 0.1) is 6.26 Å². The molecule has 1 heterocycles. The number of hydrogen-bond acceptors (Lipinski definition) is 3. The number of hydrogen-bond donors (Lipinski definition) is 0. The van der Waals surface area contributed by atoms with Gasteiger partial charge in [-0.3, -0.25) is 0 Å². The zero-order valence-electron chi connectivity index (χ0n) is 13.0. The van der Waals surface area contributed by atoms with E-state index in [0.717, 1.165) is 32.4 Å². The third-order valence-electron chi connectivity index (χ3n) is 4.15. The first kappa shape index (κ1) is 16.5. The van der Waals surface area contributed by atoms with Gasteiger partial charge in [0.2, 0.25) is 10.0 Å². The van der Waals surface area contributed by atoms with Crippen molar-refractivity contribution in [3.05, 3.63) is 35.9 Å². The lowest BCUT2D eigenvalue weighted by molar-refractivity contribution is 0.202. The summed E-state index contributed by atoms with van der Waals surface area (Å²) < 4.78 is 24.9. The van der Waals surface area contributed by atoms with Gasteiger partial charge in [0.25, 0.3) is 0 Å². The Morgan fingerprint density at radius 2 is 2.00 bits per heavy atom. The number of likely N-dealkylation sites (N-methyl/N-ethyl adjacent to an activating group) is 1. The number of benzene rings is 1. The van der Waals surface area contributed by atoms with Crippen LogP contribution in [0.25, 0.3) is 0 Å². The highest BCUT2D eigenvalue weighted by molar-refractivity contribution is 7.88. The minimum atomic E-state index is -3.04. The molecule has 0 bridgehead atoms. The zero-order valence-corrected chi connectivity index (χ0v) is 13.8. The molecule has 2 rings (SSSR count). The summed E-state index contributed by atoms with van der Waals surface area (Å²) in [5, 5.41) is 0. The first-order valence-electron chi connectivity index (χ1n) is 7.63. The van der Waals surface area contributed by atoms with Crippen LogP contribution in [-0.2, 0) is 16.4 Å². The Kier molecular flexibility index (Phi) is 5.79. The summed E-state index contributed by atoms with van der Waals surface area (Å²) in [7, 11) is -0.908. The van der Waals surface area contributed by atoms with Crippen LogP contribution in [-0.4, -0.2) is 57.1 Å². The van der Waals surface area contributed by atoms with Gasteiger partial charge in [0, 0.05) is 26.2 Å². The standard InChI is InChI=1S/C16H26N2O2S/c1-17(12-10-15-7-4-3-5-8-15)13-16-9-6-11-18(14-16)21(2,19)20/h3-5,7-8,16H,6,9-14H2,1-2H3. The number of nitrogens with zero attached hydrogens (tertiary/aromatic N) is 2. The van der Waals surface area contributed by atoms with Crippen LogP contribution in [0.15, 0.2) is 30.3 Å². The monoisotopic (exact) mass is 310 g/mol. The summed E-state index contributed by atoms with van der Waals surface area (Å²) in [4.78, 5) is 2.32. The molecule has 1 atom stereocenters. The van der Waals surface area contributed by atoms with Gasteiger partial charge in [-0.05, 0) is 37.8 Å². The first-order chi connectivity index (χ1) is 9.95. The van der Waals surface area contributed by atoms with Crippen LogP contribution in [0.2, 0.25) is 0 Å². The molecular formula is C16H26N2O2S. The van der Waals surface area contributed by atoms with Gasteiger partial charge in [-0.25, -0.2) is 12.7 Å². The van der Waals surface area contributed by atoms with E-state index >= 15 is 0 Å². The van der Waals surface area contributed by atoms with E-state index in [2.05, 4.69) is 36.2 Å². The molecule has 0 saturated carbocycles. The van der Waals surface area contributed by atoms with E-state index in [9.17, 15) is 8.42 Å². The molecule has 0 N–H and O–H groups in total. The molecular weight excluding hydrogens is 284 g/mol. The predicted molar refractivity (Wildman–Crippen MR) is 86.8 cm³/mol. The van der Waals surface area contributed by atoms with Crippen LogP contribution >= 0.6 is 0 Å². The maximum atomic E-state index is 11.6. The molecule has 1 unspecified atom stereocenters. The van der Waals surface area contributed by atoms with Gasteiger partial charge in [0.15, 0.2) is 0 Å². The molecule has 1 aliphatic heterocycles. The van der Waals surface area contributed by atoms with Crippen LogP contribution < -0.4 is 0 Å². The summed E-state index contributed by atoms with van der Waals surface area (Å²) in [6, 6.07) is 10.5. The molecule has 0 aromatic heterocycles. The fourth-order valence-electron chi connectivity index (χ4n) is 2.97. The second-order valence-electron chi connectivity index (χ2n) is 6.13. The normalized spacial score (nSPS) is 20.8.